The molecule has 0 aliphatic carbocycles. The number of phenolic OH excluding ortho intramolecular Hbond substituents is 2. The van der Waals surface area contributed by atoms with Crippen LogP contribution in [0.5, 0.6) is 23.0 Å². The number of phenols is 2. The topological polar surface area (TPSA) is 87.6 Å². The first-order valence-corrected chi connectivity index (χ1v) is 6.92. The number of methoxy groups -OCH3 is 2. The number of benzene rings is 2. The monoisotopic (exact) mass is 312 g/mol. The Hall–Kier alpha value is -3.15. The summed E-state index contributed by atoms with van der Waals surface area (Å²) in [4.78, 5) is 0. The zero-order valence-corrected chi connectivity index (χ0v) is 12.7. The minimum Gasteiger partial charge on any atom is -0.507 e. The summed E-state index contributed by atoms with van der Waals surface area (Å²) < 4.78 is 10.2. The number of hydrogen-bond donors (Lipinski definition) is 3. The highest BCUT2D eigenvalue weighted by Gasteiger charge is 2.18. The van der Waals surface area contributed by atoms with Crippen LogP contribution >= 0.6 is 0 Å². The SMILES string of the molecule is COc1ccc(-c2cn[nH]c2-c2c(O)cc(OC)cc2O)cc1. The molecule has 3 N–H and O–H groups in total. The molecule has 0 saturated heterocycles. The number of aromatic nitrogens is 2. The molecule has 0 spiro atoms. The van der Waals surface area contributed by atoms with Crippen LogP contribution in [0.15, 0.2) is 42.6 Å². The average molecular weight is 312 g/mol. The molecular formula is C17H16N2O4. The van der Waals surface area contributed by atoms with Gasteiger partial charge in [0.1, 0.15) is 23.0 Å². The van der Waals surface area contributed by atoms with Crippen molar-refractivity contribution in [3.05, 3.63) is 42.6 Å². The third kappa shape index (κ3) is 2.66. The lowest BCUT2D eigenvalue weighted by atomic mass is 10.00. The summed E-state index contributed by atoms with van der Waals surface area (Å²) in [5.41, 5.74) is 2.43. The molecule has 23 heavy (non-hydrogen) atoms. The first-order chi connectivity index (χ1) is 11.1. The lowest BCUT2D eigenvalue weighted by Crippen LogP contribution is -1.88. The van der Waals surface area contributed by atoms with Crippen molar-refractivity contribution >= 4 is 0 Å². The Morgan fingerprint density at radius 1 is 0.913 bits per heavy atom. The van der Waals surface area contributed by atoms with Crippen molar-refractivity contribution in [3.63, 3.8) is 0 Å². The van der Waals surface area contributed by atoms with Crippen LogP contribution in [0.2, 0.25) is 0 Å². The van der Waals surface area contributed by atoms with E-state index in [1.165, 1.54) is 19.2 Å². The zero-order valence-electron chi connectivity index (χ0n) is 12.7. The molecule has 6 heteroatoms. The number of hydrogen-bond acceptors (Lipinski definition) is 5. The van der Waals surface area contributed by atoms with Crippen molar-refractivity contribution in [2.24, 2.45) is 0 Å². The fraction of sp³-hybridized carbons (Fsp3) is 0.118. The van der Waals surface area contributed by atoms with E-state index in [0.29, 0.717) is 11.4 Å². The Morgan fingerprint density at radius 2 is 1.52 bits per heavy atom. The summed E-state index contributed by atoms with van der Waals surface area (Å²) in [6.07, 6.45) is 1.64. The second kappa shape index (κ2) is 5.92. The number of nitrogens with zero attached hydrogens (tertiary/aromatic N) is 1. The second-order valence-electron chi connectivity index (χ2n) is 4.93. The Bertz CT molecular complexity index is 802. The summed E-state index contributed by atoms with van der Waals surface area (Å²) in [5, 5.41) is 27.3. The molecule has 6 nitrogen and oxygen atoms in total. The van der Waals surface area contributed by atoms with E-state index in [0.717, 1.165) is 16.9 Å². The molecule has 2 aromatic carbocycles. The van der Waals surface area contributed by atoms with Gasteiger partial charge in [0.2, 0.25) is 0 Å². The quantitative estimate of drug-likeness (QED) is 0.688. The fourth-order valence-corrected chi connectivity index (χ4v) is 2.43. The van der Waals surface area contributed by atoms with Gasteiger partial charge in [-0.2, -0.15) is 5.10 Å². The smallest absolute Gasteiger partial charge is 0.132 e. The molecule has 0 radical (unpaired) electrons. The Balaban J connectivity index is 2.11. The summed E-state index contributed by atoms with van der Waals surface area (Å²) in [6.45, 7) is 0. The van der Waals surface area contributed by atoms with Crippen molar-refractivity contribution in [1.82, 2.24) is 10.2 Å². The number of H-pyrrole nitrogens is 1. The van der Waals surface area contributed by atoms with E-state index >= 15 is 0 Å². The minimum absolute atomic E-state index is 0.0964. The average Bonchev–Trinajstić information content (AvgIpc) is 3.03. The highest BCUT2D eigenvalue weighted by atomic mass is 16.5. The molecule has 3 rings (SSSR count). The molecule has 1 aromatic heterocycles. The van der Waals surface area contributed by atoms with E-state index in [1.54, 1.807) is 13.3 Å². The third-order valence-electron chi connectivity index (χ3n) is 3.60. The van der Waals surface area contributed by atoms with Gasteiger partial charge in [0.15, 0.2) is 0 Å². The van der Waals surface area contributed by atoms with Crippen LogP contribution in [0.1, 0.15) is 0 Å². The van der Waals surface area contributed by atoms with Crippen LogP contribution in [-0.4, -0.2) is 34.6 Å². The molecular weight excluding hydrogens is 296 g/mol. The fourth-order valence-electron chi connectivity index (χ4n) is 2.43. The van der Waals surface area contributed by atoms with Crippen molar-refractivity contribution in [2.75, 3.05) is 14.2 Å². The molecule has 0 aliphatic rings. The maximum Gasteiger partial charge on any atom is 0.132 e. The molecule has 3 aromatic rings. The largest absolute Gasteiger partial charge is 0.507 e. The number of ether oxygens (including phenoxy) is 2. The second-order valence-corrected chi connectivity index (χ2v) is 4.93. The van der Waals surface area contributed by atoms with Gasteiger partial charge < -0.3 is 19.7 Å². The lowest BCUT2D eigenvalue weighted by Gasteiger charge is -2.10. The maximum absolute atomic E-state index is 10.2. The van der Waals surface area contributed by atoms with E-state index in [4.69, 9.17) is 9.47 Å². The minimum atomic E-state index is -0.0964. The van der Waals surface area contributed by atoms with Gasteiger partial charge in [-0.1, -0.05) is 12.1 Å². The van der Waals surface area contributed by atoms with E-state index in [2.05, 4.69) is 10.2 Å². The van der Waals surface area contributed by atoms with Crippen molar-refractivity contribution < 1.29 is 19.7 Å². The summed E-state index contributed by atoms with van der Waals surface area (Å²) >= 11 is 0. The van der Waals surface area contributed by atoms with Crippen molar-refractivity contribution in [2.45, 2.75) is 0 Å². The van der Waals surface area contributed by atoms with E-state index in [-0.39, 0.29) is 17.1 Å². The van der Waals surface area contributed by atoms with Crippen molar-refractivity contribution in [1.29, 1.82) is 0 Å². The number of nitrogens with one attached hydrogen (secondary N) is 1. The summed E-state index contributed by atoms with van der Waals surface area (Å²) in [6, 6.07) is 10.3. The molecule has 0 aliphatic heterocycles. The first kappa shape index (κ1) is 14.8. The number of rotatable bonds is 4. The summed E-state index contributed by atoms with van der Waals surface area (Å²) in [7, 11) is 3.07. The van der Waals surface area contributed by atoms with Gasteiger partial charge in [-0.15, -0.1) is 0 Å². The van der Waals surface area contributed by atoms with Gasteiger partial charge in [-0.05, 0) is 17.7 Å². The highest BCUT2D eigenvalue weighted by molar-refractivity contribution is 5.86. The van der Waals surface area contributed by atoms with Gasteiger partial charge in [-0.3, -0.25) is 5.10 Å². The van der Waals surface area contributed by atoms with E-state index < -0.39 is 0 Å². The predicted molar refractivity (Wildman–Crippen MR) is 85.9 cm³/mol. The normalized spacial score (nSPS) is 10.5. The first-order valence-electron chi connectivity index (χ1n) is 6.92. The Morgan fingerprint density at radius 3 is 2.09 bits per heavy atom. The predicted octanol–water partition coefficient (Wildman–Crippen LogP) is 3.17. The van der Waals surface area contributed by atoms with Crippen LogP contribution in [-0.2, 0) is 0 Å². The molecule has 0 amide bonds. The van der Waals surface area contributed by atoms with Crippen molar-refractivity contribution in [3.8, 4) is 45.4 Å². The molecule has 118 valence electrons. The number of aromatic hydroxyl groups is 2. The van der Waals surface area contributed by atoms with Crippen LogP contribution in [0.3, 0.4) is 0 Å². The van der Waals surface area contributed by atoms with Crippen LogP contribution in [0, 0.1) is 0 Å². The van der Waals surface area contributed by atoms with E-state index in [1.807, 2.05) is 24.3 Å². The lowest BCUT2D eigenvalue weighted by molar-refractivity contribution is 0.399. The third-order valence-corrected chi connectivity index (χ3v) is 3.60. The van der Waals surface area contributed by atoms with Gasteiger partial charge >= 0.3 is 0 Å². The molecule has 0 bridgehead atoms. The maximum atomic E-state index is 10.2. The molecule has 0 unspecified atom stereocenters. The Kier molecular flexibility index (Phi) is 3.80. The number of aromatic amines is 1. The zero-order chi connectivity index (χ0) is 16.4. The molecule has 0 saturated carbocycles. The molecule has 0 atom stereocenters. The summed E-state index contributed by atoms with van der Waals surface area (Å²) in [5.74, 6) is 0.921. The van der Waals surface area contributed by atoms with Gasteiger partial charge in [0, 0.05) is 17.7 Å². The Labute approximate surface area is 132 Å². The van der Waals surface area contributed by atoms with Crippen LogP contribution in [0.4, 0.5) is 0 Å². The van der Waals surface area contributed by atoms with E-state index in [9.17, 15) is 10.2 Å². The van der Waals surface area contributed by atoms with Gasteiger partial charge in [0.25, 0.3) is 0 Å². The van der Waals surface area contributed by atoms with Gasteiger partial charge in [0.05, 0.1) is 31.7 Å². The van der Waals surface area contributed by atoms with Gasteiger partial charge in [-0.25, -0.2) is 0 Å². The highest BCUT2D eigenvalue weighted by Crippen LogP contribution is 2.43. The molecule has 1 heterocycles. The standard InChI is InChI=1S/C17H16N2O4/c1-22-11-5-3-10(4-6-11)13-9-18-19-17(13)16-14(20)7-12(23-2)8-15(16)21/h3-9,20-21H,1-2H3,(H,18,19). The van der Waals surface area contributed by atoms with Crippen LogP contribution in [0.25, 0.3) is 22.4 Å². The molecule has 0 fully saturated rings. The van der Waals surface area contributed by atoms with Crippen LogP contribution < -0.4 is 9.47 Å².